The third-order valence-corrected chi connectivity index (χ3v) is 7.64. The molecule has 2 nitrogen and oxygen atoms in total. The molecule has 2 unspecified atom stereocenters. The SMILES string of the molecule is CCOc1ccc2c(c1)CCC13CCCC21CCN(CC1CC1)C3. The maximum absolute atomic E-state index is 5.77. The number of rotatable bonds is 4. The molecule has 24 heavy (non-hydrogen) atoms. The van der Waals surface area contributed by atoms with Crippen LogP contribution in [0.3, 0.4) is 0 Å². The Morgan fingerprint density at radius 1 is 1.17 bits per heavy atom. The molecule has 2 saturated carbocycles. The summed E-state index contributed by atoms with van der Waals surface area (Å²) in [7, 11) is 0. The van der Waals surface area contributed by atoms with Gasteiger partial charge in [0.25, 0.3) is 0 Å². The second-order valence-electron chi connectivity index (χ2n) is 8.90. The highest BCUT2D eigenvalue weighted by Gasteiger charge is 2.59. The molecule has 5 rings (SSSR count). The second kappa shape index (κ2) is 5.49. The van der Waals surface area contributed by atoms with E-state index in [1.54, 1.807) is 11.1 Å². The van der Waals surface area contributed by atoms with Crippen molar-refractivity contribution in [2.24, 2.45) is 11.3 Å². The number of hydrogen-bond acceptors (Lipinski definition) is 2. The summed E-state index contributed by atoms with van der Waals surface area (Å²) in [5, 5.41) is 0. The van der Waals surface area contributed by atoms with Crippen LogP contribution < -0.4 is 4.74 Å². The third-order valence-electron chi connectivity index (χ3n) is 7.64. The first kappa shape index (κ1) is 15.3. The van der Waals surface area contributed by atoms with Crippen molar-refractivity contribution >= 4 is 0 Å². The molecule has 3 fully saturated rings. The van der Waals surface area contributed by atoms with Crippen LogP contribution in [0.15, 0.2) is 18.2 Å². The maximum atomic E-state index is 5.77. The largest absolute Gasteiger partial charge is 0.494 e. The molecule has 1 heterocycles. The number of nitrogens with zero attached hydrogens (tertiary/aromatic N) is 1. The molecule has 1 aromatic carbocycles. The van der Waals surface area contributed by atoms with Gasteiger partial charge in [-0.05, 0) is 93.0 Å². The summed E-state index contributed by atoms with van der Waals surface area (Å²) in [5.41, 5.74) is 4.33. The first-order valence-corrected chi connectivity index (χ1v) is 10.2. The van der Waals surface area contributed by atoms with Gasteiger partial charge in [0.15, 0.2) is 0 Å². The molecule has 3 aliphatic carbocycles. The molecule has 2 heteroatoms. The Morgan fingerprint density at radius 3 is 2.92 bits per heavy atom. The number of hydrogen-bond donors (Lipinski definition) is 0. The summed E-state index contributed by atoms with van der Waals surface area (Å²) in [6.07, 6.45) is 11.3. The maximum Gasteiger partial charge on any atom is 0.119 e. The summed E-state index contributed by atoms with van der Waals surface area (Å²) in [6, 6.07) is 7.03. The van der Waals surface area contributed by atoms with E-state index in [0.717, 1.165) is 18.3 Å². The standard InChI is InChI=1S/C22H31NO/c1-2-24-19-6-7-20-18(14-19)8-11-21-9-3-10-22(20,21)12-13-23(16-21)15-17-4-5-17/h6-7,14,17H,2-5,8-13,15-16H2,1H3. The smallest absolute Gasteiger partial charge is 0.119 e. The van der Waals surface area contributed by atoms with E-state index in [-0.39, 0.29) is 0 Å². The molecule has 0 spiro atoms. The Labute approximate surface area is 146 Å². The Bertz CT molecular complexity index is 637. The van der Waals surface area contributed by atoms with Crippen molar-refractivity contribution in [3.63, 3.8) is 0 Å². The second-order valence-corrected chi connectivity index (χ2v) is 8.90. The van der Waals surface area contributed by atoms with Gasteiger partial charge >= 0.3 is 0 Å². The van der Waals surface area contributed by atoms with Gasteiger partial charge in [0, 0.05) is 18.5 Å². The van der Waals surface area contributed by atoms with Crippen molar-refractivity contribution < 1.29 is 4.74 Å². The van der Waals surface area contributed by atoms with Crippen molar-refractivity contribution in [2.75, 3.05) is 26.2 Å². The molecule has 1 aliphatic heterocycles. The van der Waals surface area contributed by atoms with Crippen LogP contribution in [0.1, 0.15) is 63.0 Å². The van der Waals surface area contributed by atoms with Crippen LogP contribution in [-0.4, -0.2) is 31.1 Å². The highest BCUT2D eigenvalue weighted by atomic mass is 16.5. The number of fused-ring (bicyclic) bond motifs is 1. The average molecular weight is 325 g/mol. The van der Waals surface area contributed by atoms with Crippen LogP contribution in [0.2, 0.25) is 0 Å². The lowest BCUT2D eigenvalue weighted by molar-refractivity contribution is 0.00503. The first-order valence-electron chi connectivity index (χ1n) is 10.2. The summed E-state index contributed by atoms with van der Waals surface area (Å²) in [4.78, 5) is 2.83. The molecule has 0 aromatic heterocycles. The fourth-order valence-corrected chi connectivity index (χ4v) is 6.40. The van der Waals surface area contributed by atoms with Crippen LogP contribution in [-0.2, 0) is 11.8 Å². The van der Waals surface area contributed by atoms with Crippen molar-refractivity contribution in [1.82, 2.24) is 4.90 Å². The first-order chi connectivity index (χ1) is 11.7. The minimum Gasteiger partial charge on any atom is -0.494 e. The summed E-state index contributed by atoms with van der Waals surface area (Å²) < 4.78 is 5.77. The van der Waals surface area contributed by atoms with E-state index in [2.05, 4.69) is 30.0 Å². The van der Waals surface area contributed by atoms with Crippen molar-refractivity contribution in [3.8, 4) is 5.75 Å². The van der Waals surface area contributed by atoms with Gasteiger partial charge in [0.1, 0.15) is 5.75 Å². The molecular formula is C22H31NO. The lowest BCUT2D eigenvalue weighted by Gasteiger charge is -2.57. The molecular weight excluding hydrogens is 294 g/mol. The highest BCUT2D eigenvalue weighted by Crippen LogP contribution is 2.64. The average Bonchev–Trinajstić information content (AvgIpc) is 3.31. The van der Waals surface area contributed by atoms with E-state index in [0.29, 0.717) is 10.8 Å². The Hall–Kier alpha value is -1.02. The van der Waals surface area contributed by atoms with E-state index < -0.39 is 0 Å². The lowest BCUT2D eigenvalue weighted by Crippen LogP contribution is -2.57. The van der Waals surface area contributed by atoms with Gasteiger partial charge in [-0.15, -0.1) is 0 Å². The van der Waals surface area contributed by atoms with Crippen LogP contribution in [0.4, 0.5) is 0 Å². The van der Waals surface area contributed by atoms with E-state index >= 15 is 0 Å². The van der Waals surface area contributed by atoms with E-state index in [4.69, 9.17) is 4.74 Å². The van der Waals surface area contributed by atoms with Gasteiger partial charge in [0.05, 0.1) is 6.61 Å². The molecule has 0 radical (unpaired) electrons. The predicted octanol–water partition coefficient (Wildman–Crippen LogP) is 4.56. The number of ether oxygens (including phenoxy) is 1. The topological polar surface area (TPSA) is 12.5 Å². The number of aryl methyl sites for hydroxylation is 1. The fourth-order valence-electron chi connectivity index (χ4n) is 6.40. The van der Waals surface area contributed by atoms with Gasteiger partial charge in [-0.2, -0.15) is 0 Å². The molecule has 0 bridgehead atoms. The van der Waals surface area contributed by atoms with Gasteiger partial charge in [-0.3, -0.25) is 0 Å². The van der Waals surface area contributed by atoms with Gasteiger partial charge in [0.2, 0.25) is 0 Å². The number of benzene rings is 1. The van der Waals surface area contributed by atoms with Crippen LogP contribution >= 0.6 is 0 Å². The third kappa shape index (κ3) is 2.18. The predicted molar refractivity (Wildman–Crippen MR) is 97.7 cm³/mol. The van der Waals surface area contributed by atoms with Crippen molar-refractivity contribution in [3.05, 3.63) is 29.3 Å². The van der Waals surface area contributed by atoms with Crippen LogP contribution in [0.5, 0.6) is 5.75 Å². The van der Waals surface area contributed by atoms with E-state index in [1.165, 1.54) is 71.0 Å². The Kier molecular flexibility index (Phi) is 3.49. The van der Waals surface area contributed by atoms with E-state index in [1.807, 2.05) is 0 Å². The normalized spacial score (nSPS) is 35.2. The Morgan fingerprint density at radius 2 is 2.08 bits per heavy atom. The summed E-state index contributed by atoms with van der Waals surface area (Å²) >= 11 is 0. The minimum atomic E-state index is 0.478. The quantitative estimate of drug-likeness (QED) is 0.805. The van der Waals surface area contributed by atoms with Gasteiger partial charge in [-0.1, -0.05) is 12.5 Å². The van der Waals surface area contributed by atoms with Crippen LogP contribution in [0, 0.1) is 11.3 Å². The molecule has 0 N–H and O–H groups in total. The molecule has 1 saturated heterocycles. The number of piperidine rings is 1. The zero-order valence-corrected chi connectivity index (χ0v) is 15.2. The van der Waals surface area contributed by atoms with E-state index in [9.17, 15) is 0 Å². The fraction of sp³-hybridized carbons (Fsp3) is 0.727. The summed E-state index contributed by atoms with van der Waals surface area (Å²) in [5.74, 6) is 2.10. The van der Waals surface area contributed by atoms with Gasteiger partial charge < -0.3 is 9.64 Å². The highest BCUT2D eigenvalue weighted by molar-refractivity contribution is 5.46. The van der Waals surface area contributed by atoms with Gasteiger partial charge in [-0.25, -0.2) is 0 Å². The van der Waals surface area contributed by atoms with Crippen molar-refractivity contribution in [1.29, 1.82) is 0 Å². The lowest BCUT2D eigenvalue weighted by atomic mass is 9.52. The minimum absolute atomic E-state index is 0.478. The number of likely N-dealkylation sites (tertiary alicyclic amines) is 1. The molecule has 4 aliphatic rings. The molecule has 0 amide bonds. The molecule has 130 valence electrons. The Balaban J connectivity index is 1.49. The summed E-state index contributed by atoms with van der Waals surface area (Å²) in [6.45, 7) is 6.93. The van der Waals surface area contributed by atoms with Crippen molar-refractivity contribution in [2.45, 2.75) is 63.7 Å². The molecule has 1 aromatic rings. The van der Waals surface area contributed by atoms with Crippen LogP contribution in [0.25, 0.3) is 0 Å². The zero-order valence-electron chi connectivity index (χ0n) is 15.2. The zero-order chi connectivity index (χ0) is 16.2. The monoisotopic (exact) mass is 325 g/mol. The molecule has 2 atom stereocenters.